The summed E-state index contributed by atoms with van der Waals surface area (Å²) in [5, 5.41) is 0.754. The van der Waals surface area contributed by atoms with E-state index in [0.717, 1.165) is 34.5 Å². The van der Waals surface area contributed by atoms with Crippen molar-refractivity contribution in [2.24, 2.45) is 5.73 Å². The van der Waals surface area contributed by atoms with Crippen LogP contribution in [0.3, 0.4) is 0 Å². The van der Waals surface area contributed by atoms with E-state index in [1.807, 2.05) is 42.5 Å². The Bertz CT molecular complexity index is 1070. The lowest BCUT2D eigenvalue weighted by atomic mass is 10.0. The fourth-order valence-electron chi connectivity index (χ4n) is 3.81. The first-order valence-corrected chi connectivity index (χ1v) is 9.83. The van der Waals surface area contributed by atoms with Crippen LogP contribution in [0.25, 0.3) is 10.9 Å². The lowest BCUT2D eigenvalue weighted by Crippen LogP contribution is -2.38. The van der Waals surface area contributed by atoms with E-state index in [2.05, 4.69) is 4.90 Å². The summed E-state index contributed by atoms with van der Waals surface area (Å²) in [7, 11) is 3.29. The molecule has 2 aromatic carbocycles. The number of pyridine rings is 1. The molecule has 0 unspecified atom stereocenters. The van der Waals surface area contributed by atoms with Gasteiger partial charge in [0.1, 0.15) is 17.6 Å². The van der Waals surface area contributed by atoms with Crippen LogP contribution in [-0.2, 0) is 11.3 Å². The van der Waals surface area contributed by atoms with Gasteiger partial charge < -0.3 is 19.9 Å². The molecule has 1 aromatic heterocycles. The van der Waals surface area contributed by atoms with Gasteiger partial charge in [-0.05, 0) is 18.2 Å². The second-order valence-electron chi connectivity index (χ2n) is 7.25. The minimum absolute atomic E-state index is 0.245. The third kappa shape index (κ3) is 4.08. The maximum Gasteiger partial charge on any atom is 0.249 e. The highest BCUT2D eigenvalue weighted by Crippen LogP contribution is 2.29. The van der Waals surface area contributed by atoms with Crippen molar-refractivity contribution in [2.75, 3.05) is 33.9 Å². The number of carbonyl (C=O) groups is 1. The number of morpholine rings is 1. The number of primary amides is 1. The molecule has 0 saturated carbocycles. The fourth-order valence-corrected chi connectivity index (χ4v) is 3.81. The number of carbonyl (C=O) groups excluding carboxylic acids is 1. The van der Waals surface area contributed by atoms with Crippen LogP contribution >= 0.6 is 0 Å². The molecule has 156 valence electrons. The average Bonchev–Trinajstić information content (AvgIpc) is 2.78. The molecule has 1 saturated heterocycles. The number of ether oxygens (including phenoxy) is 3. The van der Waals surface area contributed by atoms with Crippen LogP contribution in [0.1, 0.15) is 27.7 Å². The van der Waals surface area contributed by atoms with E-state index in [1.54, 1.807) is 20.3 Å². The molecule has 3 aromatic rings. The SMILES string of the molecule is COc1ccc(CN2CCO[C@H](c3cc(C(N)=O)c4ccccc4n3)C2)c(OC)c1. The van der Waals surface area contributed by atoms with Gasteiger partial charge in [0.2, 0.25) is 5.91 Å². The maximum absolute atomic E-state index is 12.0. The Hall–Kier alpha value is -3.16. The lowest BCUT2D eigenvalue weighted by molar-refractivity contribution is -0.0350. The van der Waals surface area contributed by atoms with Crippen LogP contribution in [0, 0.1) is 0 Å². The van der Waals surface area contributed by atoms with Crippen LogP contribution in [0.4, 0.5) is 0 Å². The second kappa shape index (κ2) is 8.69. The smallest absolute Gasteiger partial charge is 0.249 e. The molecule has 7 heteroatoms. The highest BCUT2D eigenvalue weighted by Gasteiger charge is 2.25. The van der Waals surface area contributed by atoms with Crippen LogP contribution in [-0.4, -0.2) is 49.7 Å². The Morgan fingerprint density at radius 2 is 2.03 bits per heavy atom. The molecule has 1 atom stereocenters. The Morgan fingerprint density at radius 3 is 2.80 bits per heavy atom. The molecular formula is C23H25N3O4. The largest absolute Gasteiger partial charge is 0.497 e. The van der Waals surface area contributed by atoms with E-state index in [9.17, 15) is 4.79 Å². The molecule has 1 fully saturated rings. The van der Waals surface area contributed by atoms with Crippen molar-refractivity contribution in [3.8, 4) is 11.5 Å². The van der Waals surface area contributed by atoms with E-state index >= 15 is 0 Å². The zero-order valence-electron chi connectivity index (χ0n) is 17.1. The van der Waals surface area contributed by atoms with Gasteiger partial charge in [-0.25, -0.2) is 4.98 Å². The van der Waals surface area contributed by atoms with Gasteiger partial charge in [0.25, 0.3) is 0 Å². The molecule has 0 aliphatic carbocycles. The third-order valence-corrected chi connectivity index (χ3v) is 5.37. The maximum atomic E-state index is 12.0. The van der Waals surface area contributed by atoms with Gasteiger partial charge >= 0.3 is 0 Å². The zero-order valence-corrected chi connectivity index (χ0v) is 17.1. The average molecular weight is 407 g/mol. The molecular weight excluding hydrogens is 382 g/mol. The molecule has 0 spiro atoms. The monoisotopic (exact) mass is 407 g/mol. The topological polar surface area (TPSA) is 86.9 Å². The normalized spacial score (nSPS) is 17.1. The summed E-state index contributed by atoms with van der Waals surface area (Å²) in [6, 6.07) is 15.1. The summed E-state index contributed by atoms with van der Waals surface area (Å²) in [6.07, 6.45) is -0.245. The van der Waals surface area contributed by atoms with Gasteiger partial charge in [-0.2, -0.15) is 0 Å². The summed E-state index contributed by atoms with van der Waals surface area (Å²) >= 11 is 0. The van der Waals surface area contributed by atoms with Crippen molar-refractivity contribution in [3.63, 3.8) is 0 Å². The Morgan fingerprint density at radius 1 is 1.20 bits per heavy atom. The highest BCUT2D eigenvalue weighted by molar-refractivity contribution is 6.05. The molecule has 7 nitrogen and oxygen atoms in total. The summed E-state index contributed by atoms with van der Waals surface area (Å²) in [5.41, 5.74) is 8.61. The van der Waals surface area contributed by atoms with Crippen LogP contribution in [0.5, 0.6) is 11.5 Å². The van der Waals surface area contributed by atoms with Gasteiger partial charge in [-0.3, -0.25) is 9.69 Å². The molecule has 0 bridgehead atoms. The first-order valence-electron chi connectivity index (χ1n) is 9.83. The molecule has 30 heavy (non-hydrogen) atoms. The predicted octanol–water partition coefficient (Wildman–Crippen LogP) is 2.92. The number of hydrogen-bond acceptors (Lipinski definition) is 6. The molecule has 1 amide bonds. The van der Waals surface area contributed by atoms with Gasteiger partial charge in [0.05, 0.1) is 37.6 Å². The van der Waals surface area contributed by atoms with Crippen molar-refractivity contribution in [3.05, 3.63) is 65.4 Å². The van der Waals surface area contributed by atoms with E-state index in [0.29, 0.717) is 31.0 Å². The first-order chi connectivity index (χ1) is 14.6. The summed E-state index contributed by atoms with van der Waals surface area (Å²) < 4.78 is 16.8. The van der Waals surface area contributed by atoms with Gasteiger partial charge in [-0.15, -0.1) is 0 Å². The Kier molecular flexibility index (Phi) is 5.83. The number of fused-ring (bicyclic) bond motifs is 1. The number of amides is 1. The third-order valence-electron chi connectivity index (χ3n) is 5.37. The van der Waals surface area contributed by atoms with E-state index < -0.39 is 5.91 Å². The van der Waals surface area contributed by atoms with Gasteiger partial charge in [-0.1, -0.05) is 24.3 Å². The molecule has 4 rings (SSSR count). The standard InChI is InChI=1S/C23H25N3O4/c1-28-16-8-7-15(21(11-16)29-2)13-26-9-10-30-22(14-26)20-12-18(23(24)27)17-5-3-4-6-19(17)25-20/h3-8,11-12,22H,9-10,13-14H2,1-2H3,(H2,24,27)/t22-/m0/s1. The number of aromatic nitrogens is 1. The molecule has 0 radical (unpaired) electrons. The fraction of sp³-hybridized carbons (Fsp3) is 0.304. The van der Waals surface area contributed by atoms with Crippen molar-refractivity contribution >= 4 is 16.8 Å². The van der Waals surface area contributed by atoms with E-state index in [-0.39, 0.29) is 6.10 Å². The number of para-hydroxylation sites is 1. The highest BCUT2D eigenvalue weighted by atomic mass is 16.5. The predicted molar refractivity (Wildman–Crippen MR) is 114 cm³/mol. The number of benzene rings is 2. The van der Waals surface area contributed by atoms with Crippen molar-refractivity contribution in [1.29, 1.82) is 0 Å². The number of methoxy groups -OCH3 is 2. The van der Waals surface area contributed by atoms with Gasteiger partial charge in [0.15, 0.2) is 0 Å². The zero-order chi connectivity index (χ0) is 21.1. The Labute approximate surface area is 175 Å². The number of hydrogen-bond donors (Lipinski definition) is 1. The summed E-state index contributed by atoms with van der Waals surface area (Å²) in [4.78, 5) is 19.0. The number of nitrogens with zero attached hydrogens (tertiary/aromatic N) is 2. The molecule has 1 aliphatic rings. The first kappa shape index (κ1) is 20.1. The van der Waals surface area contributed by atoms with Crippen molar-refractivity contribution in [2.45, 2.75) is 12.6 Å². The Balaban J connectivity index is 1.58. The minimum atomic E-state index is -0.467. The van der Waals surface area contributed by atoms with Crippen LogP contribution in [0.2, 0.25) is 0 Å². The summed E-state index contributed by atoms with van der Waals surface area (Å²) in [5.74, 6) is 1.08. The van der Waals surface area contributed by atoms with Crippen molar-refractivity contribution in [1.82, 2.24) is 9.88 Å². The van der Waals surface area contributed by atoms with Crippen molar-refractivity contribution < 1.29 is 19.0 Å². The molecule has 2 heterocycles. The molecule has 1 aliphatic heterocycles. The summed E-state index contributed by atoms with van der Waals surface area (Å²) in [6.45, 7) is 2.73. The van der Waals surface area contributed by atoms with Gasteiger partial charge in [0, 0.05) is 36.7 Å². The number of nitrogens with two attached hydrogens (primary N) is 1. The number of rotatable bonds is 6. The lowest BCUT2D eigenvalue weighted by Gasteiger charge is -2.33. The van der Waals surface area contributed by atoms with E-state index in [4.69, 9.17) is 24.9 Å². The minimum Gasteiger partial charge on any atom is -0.497 e. The van der Waals surface area contributed by atoms with E-state index in [1.165, 1.54) is 0 Å². The van der Waals surface area contributed by atoms with Crippen LogP contribution in [0.15, 0.2) is 48.5 Å². The second-order valence-corrected chi connectivity index (χ2v) is 7.25. The van der Waals surface area contributed by atoms with Crippen LogP contribution < -0.4 is 15.2 Å². The molecule has 2 N–H and O–H groups in total. The quantitative estimate of drug-likeness (QED) is 0.676.